The number of aryl methyl sites for hydroxylation is 1. The molecule has 1 aliphatic heterocycles. The zero-order valence-corrected chi connectivity index (χ0v) is 21.4. The highest BCUT2D eigenvalue weighted by Crippen LogP contribution is 2.34. The molecule has 1 fully saturated rings. The van der Waals surface area contributed by atoms with E-state index in [9.17, 15) is 14.4 Å². The third kappa shape index (κ3) is 4.79. The van der Waals surface area contributed by atoms with Crippen molar-refractivity contribution < 1.29 is 18.7 Å². The fraction of sp³-hybridized carbons (Fsp3) is 0.258. The second-order valence-electron chi connectivity index (χ2n) is 10.6. The van der Waals surface area contributed by atoms with E-state index in [4.69, 9.17) is 9.15 Å². The van der Waals surface area contributed by atoms with Crippen LogP contribution in [-0.2, 0) is 15.0 Å². The third-order valence-electron chi connectivity index (χ3n) is 6.75. The Labute approximate surface area is 215 Å². The van der Waals surface area contributed by atoms with Gasteiger partial charge in [0.15, 0.2) is 5.76 Å². The molecule has 1 unspecified atom stereocenters. The summed E-state index contributed by atoms with van der Waals surface area (Å²) in [4.78, 5) is 41.0. The molecular formula is C31H29NO5. The number of fused-ring (bicyclic) bond motifs is 1. The van der Waals surface area contributed by atoms with Crippen LogP contribution in [0.15, 0.2) is 82.0 Å². The predicted molar refractivity (Wildman–Crippen MR) is 144 cm³/mol. The summed E-state index contributed by atoms with van der Waals surface area (Å²) < 4.78 is 11.9. The van der Waals surface area contributed by atoms with Crippen LogP contribution in [0.4, 0.5) is 5.69 Å². The zero-order chi connectivity index (χ0) is 26.3. The minimum atomic E-state index is -0.697. The number of anilines is 1. The molecule has 188 valence electrons. The van der Waals surface area contributed by atoms with Crippen molar-refractivity contribution in [3.8, 4) is 17.1 Å². The van der Waals surface area contributed by atoms with Gasteiger partial charge in [-0.1, -0.05) is 69.3 Å². The summed E-state index contributed by atoms with van der Waals surface area (Å²) in [5, 5.41) is 0.330. The van der Waals surface area contributed by atoms with Gasteiger partial charge in [-0.25, -0.2) is 0 Å². The summed E-state index contributed by atoms with van der Waals surface area (Å²) in [7, 11) is 0. The van der Waals surface area contributed by atoms with Crippen LogP contribution < -0.4 is 15.1 Å². The van der Waals surface area contributed by atoms with Crippen LogP contribution >= 0.6 is 0 Å². The molecule has 0 bridgehead atoms. The SMILES string of the molecule is Cc1ccc2c(=O)c(OC(=O)C3CC(=O)N(c4ccccc4)C3)c(-c3ccc(C(C)(C)C)cc3)oc2c1. The summed E-state index contributed by atoms with van der Waals surface area (Å²) in [5.41, 5.74) is 3.38. The lowest BCUT2D eigenvalue weighted by atomic mass is 9.86. The fourth-order valence-electron chi connectivity index (χ4n) is 4.59. The van der Waals surface area contributed by atoms with E-state index >= 15 is 0 Å². The van der Waals surface area contributed by atoms with Crippen molar-refractivity contribution in [1.29, 1.82) is 0 Å². The maximum Gasteiger partial charge on any atom is 0.316 e. The largest absolute Gasteiger partial charge is 0.452 e. The standard InChI is InChI=1S/C31H29NO5/c1-19-10-15-24-25(16-19)36-28(20-11-13-22(14-12-20)31(2,3)4)29(27(24)34)37-30(35)21-17-26(33)32(18-21)23-8-6-5-7-9-23/h5-16,21H,17-18H2,1-4H3. The molecule has 1 aliphatic rings. The number of carbonyl (C=O) groups excluding carboxylic acids is 2. The quantitative estimate of drug-likeness (QED) is 0.323. The van der Waals surface area contributed by atoms with E-state index < -0.39 is 17.3 Å². The molecule has 0 spiro atoms. The Bertz CT molecular complexity index is 1550. The molecule has 6 nitrogen and oxygen atoms in total. The normalized spacial score (nSPS) is 15.8. The van der Waals surface area contributed by atoms with Gasteiger partial charge in [-0.2, -0.15) is 0 Å². The minimum Gasteiger partial charge on any atom is -0.452 e. The second kappa shape index (κ2) is 9.36. The molecule has 0 N–H and O–H groups in total. The maximum atomic E-state index is 13.5. The zero-order valence-electron chi connectivity index (χ0n) is 21.4. The van der Waals surface area contributed by atoms with Gasteiger partial charge < -0.3 is 14.1 Å². The number of benzene rings is 3. The van der Waals surface area contributed by atoms with E-state index in [2.05, 4.69) is 20.8 Å². The van der Waals surface area contributed by atoms with Crippen molar-refractivity contribution >= 4 is 28.5 Å². The topological polar surface area (TPSA) is 76.8 Å². The van der Waals surface area contributed by atoms with Crippen molar-refractivity contribution in [2.24, 2.45) is 5.92 Å². The van der Waals surface area contributed by atoms with Gasteiger partial charge in [0.25, 0.3) is 0 Å². The molecule has 3 aromatic carbocycles. The Hall–Kier alpha value is -4.19. The van der Waals surface area contributed by atoms with Crippen LogP contribution in [0, 0.1) is 12.8 Å². The molecule has 2 heterocycles. The average molecular weight is 496 g/mol. The van der Waals surface area contributed by atoms with Crippen LogP contribution in [-0.4, -0.2) is 18.4 Å². The Balaban J connectivity index is 1.52. The summed E-state index contributed by atoms with van der Waals surface area (Å²) in [6.07, 6.45) is 0.0153. The van der Waals surface area contributed by atoms with E-state index in [1.807, 2.05) is 67.6 Å². The van der Waals surface area contributed by atoms with Crippen LogP contribution in [0.25, 0.3) is 22.3 Å². The Morgan fingerprint density at radius 3 is 2.35 bits per heavy atom. The van der Waals surface area contributed by atoms with Gasteiger partial charge in [0, 0.05) is 24.2 Å². The van der Waals surface area contributed by atoms with Crippen LogP contribution in [0.2, 0.25) is 0 Å². The van der Waals surface area contributed by atoms with Crippen molar-refractivity contribution in [3.05, 3.63) is 94.1 Å². The smallest absolute Gasteiger partial charge is 0.316 e. The van der Waals surface area contributed by atoms with Gasteiger partial charge in [-0.3, -0.25) is 14.4 Å². The number of carbonyl (C=O) groups is 2. The average Bonchev–Trinajstić information content (AvgIpc) is 3.27. The monoisotopic (exact) mass is 495 g/mol. The highest BCUT2D eigenvalue weighted by Gasteiger charge is 2.37. The second-order valence-corrected chi connectivity index (χ2v) is 10.6. The predicted octanol–water partition coefficient (Wildman–Crippen LogP) is 6.02. The van der Waals surface area contributed by atoms with Gasteiger partial charge in [0.2, 0.25) is 17.1 Å². The fourth-order valence-corrected chi connectivity index (χ4v) is 4.59. The Morgan fingerprint density at radius 2 is 1.68 bits per heavy atom. The molecule has 1 aromatic heterocycles. The molecule has 1 amide bonds. The van der Waals surface area contributed by atoms with E-state index in [1.165, 1.54) is 0 Å². The number of hydrogen-bond donors (Lipinski definition) is 0. The van der Waals surface area contributed by atoms with E-state index in [-0.39, 0.29) is 35.8 Å². The number of amides is 1. The summed E-state index contributed by atoms with van der Waals surface area (Å²) in [5.74, 6) is -1.45. The lowest BCUT2D eigenvalue weighted by Gasteiger charge is -2.19. The molecule has 5 rings (SSSR count). The molecule has 1 saturated heterocycles. The lowest BCUT2D eigenvalue weighted by Crippen LogP contribution is -2.28. The van der Waals surface area contributed by atoms with E-state index in [1.54, 1.807) is 17.0 Å². The first-order valence-corrected chi connectivity index (χ1v) is 12.4. The number of para-hydroxylation sites is 1. The highest BCUT2D eigenvalue weighted by atomic mass is 16.5. The molecule has 4 aromatic rings. The molecule has 6 heteroatoms. The van der Waals surface area contributed by atoms with Gasteiger partial charge >= 0.3 is 5.97 Å². The minimum absolute atomic E-state index is 0.0153. The number of nitrogens with zero attached hydrogens (tertiary/aromatic N) is 1. The number of ether oxygens (including phenoxy) is 1. The van der Waals surface area contributed by atoms with Crippen molar-refractivity contribution in [1.82, 2.24) is 0 Å². The number of rotatable bonds is 4. The lowest BCUT2D eigenvalue weighted by molar-refractivity contribution is -0.139. The Kier molecular flexibility index (Phi) is 6.20. The van der Waals surface area contributed by atoms with Gasteiger partial charge in [-0.15, -0.1) is 0 Å². The number of hydrogen-bond acceptors (Lipinski definition) is 5. The van der Waals surface area contributed by atoms with Crippen LogP contribution in [0.5, 0.6) is 5.75 Å². The first-order valence-electron chi connectivity index (χ1n) is 12.4. The van der Waals surface area contributed by atoms with E-state index in [0.29, 0.717) is 16.5 Å². The molecule has 0 radical (unpaired) electrons. The molecule has 37 heavy (non-hydrogen) atoms. The summed E-state index contributed by atoms with van der Waals surface area (Å²) in [6.45, 7) is 8.47. The molecule has 0 aliphatic carbocycles. The first kappa shape index (κ1) is 24.5. The third-order valence-corrected chi connectivity index (χ3v) is 6.75. The number of esters is 1. The summed E-state index contributed by atoms with van der Waals surface area (Å²) >= 11 is 0. The molecule has 0 saturated carbocycles. The molecule has 1 atom stereocenters. The molecular weight excluding hydrogens is 466 g/mol. The van der Waals surface area contributed by atoms with Crippen LogP contribution in [0.3, 0.4) is 0 Å². The van der Waals surface area contributed by atoms with Crippen molar-refractivity contribution in [2.45, 2.75) is 39.5 Å². The van der Waals surface area contributed by atoms with Crippen molar-refractivity contribution in [2.75, 3.05) is 11.4 Å². The van der Waals surface area contributed by atoms with Gasteiger partial charge in [-0.05, 0) is 47.7 Å². The van der Waals surface area contributed by atoms with Gasteiger partial charge in [0.05, 0.1) is 11.3 Å². The van der Waals surface area contributed by atoms with E-state index in [0.717, 1.165) is 16.8 Å². The Morgan fingerprint density at radius 1 is 0.973 bits per heavy atom. The van der Waals surface area contributed by atoms with Crippen LogP contribution in [0.1, 0.15) is 38.3 Å². The maximum absolute atomic E-state index is 13.5. The highest BCUT2D eigenvalue weighted by molar-refractivity contribution is 6.00. The first-order chi connectivity index (χ1) is 17.6. The van der Waals surface area contributed by atoms with Crippen molar-refractivity contribution in [3.63, 3.8) is 0 Å². The summed E-state index contributed by atoms with van der Waals surface area (Å²) in [6, 6.07) is 22.2. The van der Waals surface area contributed by atoms with Gasteiger partial charge in [0.1, 0.15) is 5.58 Å².